The summed E-state index contributed by atoms with van der Waals surface area (Å²) in [7, 11) is 0. The minimum Gasteiger partial charge on any atom is -0.371 e. The maximum Gasteiger partial charge on any atom is 0.178 e. The first-order valence-corrected chi connectivity index (χ1v) is 11.0. The molecule has 0 aliphatic heterocycles. The van der Waals surface area contributed by atoms with Crippen LogP contribution in [0.1, 0.15) is 55.6 Å². The molecule has 0 amide bonds. The monoisotopic (exact) mass is 430 g/mol. The van der Waals surface area contributed by atoms with Crippen LogP contribution in [-0.4, -0.2) is 35.2 Å². The molecule has 0 radical (unpaired) electrons. The van der Waals surface area contributed by atoms with Crippen LogP contribution in [0.2, 0.25) is 0 Å². The number of benzene rings is 2. The van der Waals surface area contributed by atoms with E-state index in [1.54, 1.807) is 12.4 Å². The Morgan fingerprint density at radius 1 is 1.03 bits per heavy atom. The van der Waals surface area contributed by atoms with E-state index in [4.69, 9.17) is 0 Å². The molecule has 1 fully saturated rings. The molecule has 3 N–H and O–H groups in total. The molecule has 162 valence electrons. The molecular formula is C23H23FN8. The number of nitrogens with one attached hydrogen (secondary N) is 3. The highest BCUT2D eigenvalue weighted by molar-refractivity contribution is 5.85. The summed E-state index contributed by atoms with van der Waals surface area (Å²) in [5.74, 6) is 0.482. The number of hydrogen-bond donors (Lipinski definition) is 3. The van der Waals surface area contributed by atoms with Crippen molar-refractivity contribution in [2.45, 2.75) is 44.2 Å². The maximum atomic E-state index is 13.8. The standard InChI is InChI=1S/C23H23FN8/c24-14-6-8-17-18(12-25-20(17)10-14)22(28-15-7-9-19-21(11-15)27-13-26-19)23-29-30-31-32(23)16-4-2-1-3-5-16/h6-13,16,22,25,28H,1-5H2,(H,26,27). The fraction of sp³-hybridized carbons (Fsp3) is 0.304. The van der Waals surface area contributed by atoms with Gasteiger partial charge in [0.25, 0.3) is 0 Å². The lowest BCUT2D eigenvalue weighted by atomic mass is 9.95. The van der Waals surface area contributed by atoms with Crippen molar-refractivity contribution in [3.05, 3.63) is 66.1 Å². The number of aromatic amines is 2. The molecule has 1 atom stereocenters. The van der Waals surface area contributed by atoms with Crippen LogP contribution >= 0.6 is 0 Å². The number of H-pyrrole nitrogens is 2. The Hall–Kier alpha value is -3.75. The van der Waals surface area contributed by atoms with E-state index in [1.807, 2.05) is 29.1 Å². The Morgan fingerprint density at radius 3 is 2.84 bits per heavy atom. The van der Waals surface area contributed by atoms with Gasteiger partial charge in [0.1, 0.15) is 11.9 Å². The first-order valence-electron chi connectivity index (χ1n) is 11.0. The third-order valence-corrected chi connectivity index (χ3v) is 6.42. The smallest absolute Gasteiger partial charge is 0.178 e. The Bertz CT molecular complexity index is 1380. The Kier molecular flexibility index (Phi) is 4.59. The van der Waals surface area contributed by atoms with Crippen molar-refractivity contribution in [2.75, 3.05) is 5.32 Å². The Morgan fingerprint density at radius 2 is 1.94 bits per heavy atom. The van der Waals surface area contributed by atoms with Crippen molar-refractivity contribution in [3.8, 4) is 0 Å². The van der Waals surface area contributed by atoms with E-state index in [-0.39, 0.29) is 17.9 Å². The normalized spacial score (nSPS) is 16.0. The molecule has 1 aliphatic rings. The fourth-order valence-electron chi connectivity index (χ4n) is 4.81. The Balaban J connectivity index is 1.46. The highest BCUT2D eigenvalue weighted by Gasteiger charge is 2.28. The van der Waals surface area contributed by atoms with Gasteiger partial charge in [0, 0.05) is 28.4 Å². The van der Waals surface area contributed by atoms with E-state index in [9.17, 15) is 4.39 Å². The molecule has 32 heavy (non-hydrogen) atoms. The van der Waals surface area contributed by atoms with Crippen molar-refractivity contribution in [3.63, 3.8) is 0 Å². The van der Waals surface area contributed by atoms with Crippen LogP contribution < -0.4 is 5.32 Å². The van der Waals surface area contributed by atoms with Gasteiger partial charge in [-0.1, -0.05) is 19.3 Å². The Labute approximate surface area is 183 Å². The highest BCUT2D eigenvalue weighted by atomic mass is 19.1. The minimum atomic E-state index is -0.317. The zero-order valence-electron chi connectivity index (χ0n) is 17.4. The SMILES string of the molecule is Fc1ccc2c(C(Nc3ccc4[nH]cnc4c3)c3nnnn3C3CCCCC3)c[nH]c2c1. The van der Waals surface area contributed by atoms with Crippen LogP contribution in [0.25, 0.3) is 21.9 Å². The summed E-state index contributed by atoms with van der Waals surface area (Å²) < 4.78 is 15.8. The zero-order valence-corrected chi connectivity index (χ0v) is 17.4. The van der Waals surface area contributed by atoms with Gasteiger partial charge in [-0.25, -0.2) is 14.1 Å². The molecule has 6 rings (SSSR count). The summed E-state index contributed by atoms with van der Waals surface area (Å²) in [6.07, 6.45) is 9.37. The van der Waals surface area contributed by atoms with E-state index in [2.05, 4.69) is 35.8 Å². The van der Waals surface area contributed by atoms with Crippen molar-refractivity contribution >= 4 is 27.6 Å². The van der Waals surface area contributed by atoms with Crippen LogP contribution in [-0.2, 0) is 0 Å². The summed E-state index contributed by atoms with van der Waals surface area (Å²) in [6, 6.07) is 10.8. The number of aromatic nitrogens is 7. The molecule has 9 heteroatoms. The van der Waals surface area contributed by atoms with Crippen molar-refractivity contribution < 1.29 is 4.39 Å². The van der Waals surface area contributed by atoms with E-state index in [0.717, 1.165) is 51.9 Å². The molecule has 1 unspecified atom stereocenters. The van der Waals surface area contributed by atoms with Crippen LogP contribution in [0.3, 0.4) is 0 Å². The average Bonchev–Trinajstić information content (AvgIpc) is 3.57. The summed E-state index contributed by atoms with van der Waals surface area (Å²) in [4.78, 5) is 10.7. The first kappa shape index (κ1) is 19.0. The number of hydrogen-bond acceptors (Lipinski definition) is 5. The number of rotatable bonds is 5. The molecule has 2 aromatic carbocycles. The van der Waals surface area contributed by atoms with E-state index >= 15 is 0 Å². The predicted octanol–water partition coefficient (Wildman–Crippen LogP) is 4.88. The largest absolute Gasteiger partial charge is 0.371 e. The van der Waals surface area contributed by atoms with Crippen molar-refractivity contribution in [1.29, 1.82) is 0 Å². The van der Waals surface area contributed by atoms with Gasteiger partial charge in [0.05, 0.1) is 23.4 Å². The number of fused-ring (bicyclic) bond motifs is 2. The third-order valence-electron chi connectivity index (χ3n) is 6.42. The molecule has 1 saturated carbocycles. The third kappa shape index (κ3) is 3.30. The van der Waals surface area contributed by atoms with Gasteiger partial charge in [0.15, 0.2) is 5.82 Å². The van der Waals surface area contributed by atoms with Gasteiger partial charge in [-0.2, -0.15) is 0 Å². The van der Waals surface area contributed by atoms with Gasteiger partial charge in [-0.15, -0.1) is 5.10 Å². The molecule has 0 spiro atoms. The molecule has 0 saturated heterocycles. The van der Waals surface area contributed by atoms with Gasteiger partial charge in [0.2, 0.25) is 0 Å². The summed E-state index contributed by atoms with van der Waals surface area (Å²) in [5.41, 5.74) is 4.47. The van der Waals surface area contributed by atoms with Crippen LogP contribution in [0.4, 0.5) is 10.1 Å². The molecule has 3 heterocycles. The van der Waals surface area contributed by atoms with Gasteiger partial charge in [-0.05, 0) is 59.7 Å². The fourth-order valence-corrected chi connectivity index (χ4v) is 4.81. The van der Waals surface area contributed by atoms with Crippen molar-refractivity contribution in [2.24, 2.45) is 0 Å². The minimum absolute atomic E-state index is 0.272. The highest BCUT2D eigenvalue weighted by Crippen LogP contribution is 2.35. The molecule has 5 aromatic rings. The maximum absolute atomic E-state index is 13.8. The lowest BCUT2D eigenvalue weighted by Gasteiger charge is -2.25. The lowest BCUT2D eigenvalue weighted by molar-refractivity contribution is 0.315. The van der Waals surface area contributed by atoms with Gasteiger partial charge >= 0.3 is 0 Å². The molecule has 0 bridgehead atoms. The second-order valence-corrected chi connectivity index (χ2v) is 8.42. The molecular weight excluding hydrogens is 407 g/mol. The van der Waals surface area contributed by atoms with E-state index in [1.165, 1.54) is 31.4 Å². The topological polar surface area (TPSA) is 100 Å². The number of anilines is 1. The van der Waals surface area contributed by atoms with Crippen molar-refractivity contribution in [1.82, 2.24) is 35.2 Å². The van der Waals surface area contributed by atoms with E-state index in [0.29, 0.717) is 0 Å². The summed E-state index contributed by atoms with van der Waals surface area (Å²) in [5, 5.41) is 17.4. The molecule has 1 aliphatic carbocycles. The van der Waals surface area contributed by atoms with Crippen LogP contribution in [0.5, 0.6) is 0 Å². The molecule has 8 nitrogen and oxygen atoms in total. The zero-order chi connectivity index (χ0) is 21.5. The van der Waals surface area contributed by atoms with Crippen LogP contribution in [0, 0.1) is 5.82 Å². The van der Waals surface area contributed by atoms with E-state index < -0.39 is 0 Å². The van der Waals surface area contributed by atoms with Gasteiger partial charge < -0.3 is 15.3 Å². The number of imidazole rings is 1. The number of nitrogens with zero attached hydrogens (tertiary/aromatic N) is 5. The predicted molar refractivity (Wildman–Crippen MR) is 120 cm³/mol. The van der Waals surface area contributed by atoms with Gasteiger partial charge in [-0.3, -0.25) is 0 Å². The number of tetrazole rings is 1. The van der Waals surface area contributed by atoms with Crippen LogP contribution in [0.15, 0.2) is 48.9 Å². The average molecular weight is 430 g/mol. The quantitative estimate of drug-likeness (QED) is 0.369. The second-order valence-electron chi connectivity index (χ2n) is 8.42. The summed E-state index contributed by atoms with van der Waals surface area (Å²) >= 11 is 0. The summed E-state index contributed by atoms with van der Waals surface area (Å²) in [6.45, 7) is 0. The number of halogens is 1. The second kappa shape index (κ2) is 7.74. The first-order chi connectivity index (χ1) is 15.8. The molecule has 3 aromatic heterocycles. The lowest BCUT2D eigenvalue weighted by Crippen LogP contribution is -2.23.